The molecule has 2 atom stereocenters. The molecule has 0 fully saturated rings. The zero-order valence-electron chi connectivity index (χ0n) is 12.3. The first-order chi connectivity index (χ1) is 9.39. The minimum Gasteiger partial charge on any atom is -0.496 e. The molecule has 0 saturated carbocycles. The van der Waals surface area contributed by atoms with Gasteiger partial charge in [-0.2, -0.15) is 0 Å². The van der Waals surface area contributed by atoms with Crippen molar-refractivity contribution in [3.63, 3.8) is 0 Å². The summed E-state index contributed by atoms with van der Waals surface area (Å²) in [7, 11) is 1.39. The maximum absolute atomic E-state index is 14.1. The van der Waals surface area contributed by atoms with E-state index in [0.29, 0.717) is 6.42 Å². The Morgan fingerprint density at radius 2 is 2.10 bits per heavy atom. The summed E-state index contributed by atoms with van der Waals surface area (Å²) in [5, 5.41) is 10.7. The second-order valence-corrected chi connectivity index (χ2v) is 4.68. The molecule has 20 heavy (non-hydrogen) atoms. The Balaban J connectivity index is 3.30. The molecule has 0 saturated heterocycles. The van der Waals surface area contributed by atoms with Gasteiger partial charge >= 0.3 is 5.97 Å². The van der Waals surface area contributed by atoms with Crippen LogP contribution in [-0.4, -0.2) is 24.8 Å². The van der Waals surface area contributed by atoms with E-state index < -0.39 is 23.3 Å². The fraction of sp³-hybridized carbons (Fsp3) is 0.533. The van der Waals surface area contributed by atoms with E-state index in [0.717, 1.165) is 0 Å². The Labute approximate surface area is 118 Å². The molecule has 0 heterocycles. The summed E-state index contributed by atoms with van der Waals surface area (Å²) in [6, 6.07) is 4.26. The number of methoxy groups -OCH3 is 1. The van der Waals surface area contributed by atoms with E-state index in [4.69, 9.17) is 9.47 Å². The molecular weight excluding hydrogens is 263 g/mol. The Bertz CT molecular complexity index is 471. The third kappa shape index (κ3) is 3.10. The minimum atomic E-state index is -1.71. The van der Waals surface area contributed by atoms with Gasteiger partial charge in [0.05, 0.1) is 25.2 Å². The number of hydrogen-bond donors (Lipinski definition) is 1. The van der Waals surface area contributed by atoms with Crippen molar-refractivity contribution in [3.05, 3.63) is 29.6 Å². The zero-order chi connectivity index (χ0) is 15.3. The van der Waals surface area contributed by atoms with Gasteiger partial charge in [0.25, 0.3) is 0 Å². The number of benzene rings is 1. The van der Waals surface area contributed by atoms with Gasteiger partial charge in [-0.15, -0.1) is 0 Å². The van der Waals surface area contributed by atoms with E-state index in [2.05, 4.69) is 0 Å². The van der Waals surface area contributed by atoms with Crippen molar-refractivity contribution in [3.8, 4) is 5.75 Å². The van der Waals surface area contributed by atoms with Crippen molar-refractivity contribution in [2.45, 2.75) is 32.8 Å². The third-order valence-corrected chi connectivity index (χ3v) is 3.36. The van der Waals surface area contributed by atoms with Gasteiger partial charge < -0.3 is 14.6 Å². The highest BCUT2D eigenvalue weighted by Gasteiger charge is 2.42. The number of rotatable bonds is 6. The summed E-state index contributed by atoms with van der Waals surface area (Å²) >= 11 is 0. The molecule has 0 amide bonds. The van der Waals surface area contributed by atoms with Crippen LogP contribution < -0.4 is 4.74 Å². The quantitative estimate of drug-likeness (QED) is 0.816. The highest BCUT2D eigenvalue weighted by atomic mass is 19.1. The van der Waals surface area contributed by atoms with E-state index >= 15 is 0 Å². The molecule has 4 nitrogen and oxygen atoms in total. The van der Waals surface area contributed by atoms with E-state index in [1.807, 2.05) is 0 Å². The maximum atomic E-state index is 14.1. The zero-order valence-corrected chi connectivity index (χ0v) is 12.3. The van der Waals surface area contributed by atoms with Crippen molar-refractivity contribution in [1.29, 1.82) is 0 Å². The van der Waals surface area contributed by atoms with Crippen LogP contribution in [0.1, 0.15) is 32.8 Å². The van der Waals surface area contributed by atoms with Gasteiger partial charge in [0, 0.05) is 0 Å². The van der Waals surface area contributed by atoms with Crippen molar-refractivity contribution >= 4 is 5.97 Å². The predicted molar refractivity (Wildman–Crippen MR) is 72.9 cm³/mol. The van der Waals surface area contributed by atoms with Gasteiger partial charge in [0.2, 0.25) is 0 Å². The first-order valence-corrected chi connectivity index (χ1v) is 6.62. The lowest BCUT2D eigenvalue weighted by Crippen LogP contribution is -2.39. The molecule has 1 N–H and O–H groups in total. The van der Waals surface area contributed by atoms with Gasteiger partial charge in [-0.3, -0.25) is 4.79 Å². The summed E-state index contributed by atoms with van der Waals surface area (Å²) < 4.78 is 24.1. The normalized spacial score (nSPS) is 15.3. The smallest absolute Gasteiger partial charge is 0.312 e. The monoisotopic (exact) mass is 284 g/mol. The molecule has 0 radical (unpaired) electrons. The number of ether oxygens (including phenoxy) is 2. The summed E-state index contributed by atoms with van der Waals surface area (Å²) in [5.74, 6) is -1.83. The Kier molecular flexibility index (Phi) is 5.51. The van der Waals surface area contributed by atoms with Gasteiger partial charge in [-0.1, -0.05) is 13.0 Å². The molecule has 0 bridgehead atoms. The van der Waals surface area contributed by atoms with Crippen molar-refractivity contribution < 1.29 is 23.8 Å². The van der Waals surface area contributed by atoms with Crippen LogP contribution in [0.3, 0.4) is 0 Å². The van der Waals surface area contributed by atoms with Crippen LogP contribution in [0.5, 0.6) is 5.75 Å². The third-order valence-electron chi connectivity index (χ3n) is 3.36. The molecular formula is C15H21FO4. The largest absolute Gasteiger partial charge is 0.496 e. The minimum absolute atomic E-state index is 0.0256. The molecule has 0 aliphatic rings. The van der Waals surface area contributed by atoms with Crippen LogP contribution in [0.4, 0.5) is 4.39 Å². The van der Waals surface area contributed by atoms with E-state index in [-0.39, 0.29) is 17.9 Å². The highest BCUT2D eigenvalue weighted by Crippen LogP contribution is 2.39. The van der Waals surface area contributed by atoms with E-state index in [1.54, 1.807) is 19.9 Å². The summed E-state index contributed by atoms with van der Waals surface area (Å²) in [6.07, 6.45) is 0.323. The van der Waals surface area contributed by atoms with Gasteiger partial charge in [-0.05, 0) is 32.4 Å². The molecule has 0 aromatic heterocycles. The first-order valence-electron chi connectivity index (χ1n) is 6.62. The number of carbonyl (C=O) groups is 1. The van der Waals surface area contributed by atoms with Crippen molar-refractivity contribution in [2.75, 3.05) is 13.7 Å². The summed E-state index contributed by atoms with van der Waals surface area (Å²) in [5.41, 5.74) is -1.74. The van der Waals surface area contributed by atoms with Crippen LogP contribution in [0, 0.1) is 11.7 Å². The second-order valence-electron chi connectivity index (χ2n) is 4.68. The lowest BCUT2D eigenvalue weighted by atomic mass is 9.80. The van der Waals surface area contributed by atoms with Crippen molar-refractivity contribution in [1.82, 2.24) is 0 Å². The molecule has 112 valence electrons. The van der Waals surface area contributed by atoms with Crippen LogP contribution in [0.2, 0.25) is 0 Å². The summed E-state index contributed by atoms with van der Waals surface area (Å²) in [6.45, 7) is 5.03. The number of aliphatic hydroxyl groups is 1. The number of halogens is 1. The molecule has 0 spiro atoms. The Morgan fingerprint density at radius 1 is 1.45 bits per heavy atom. The number of hydrogen-bond acceptors (Lipinski definition) is 4. The summed E-state index contributed by atoms with van der Waals surface area (Å²) in [4.78, 5) is 12.0. The van der Waals surface area contributed by atoms with Crippen LogP contribution in [0.25, 0.3) is 0 Å². The number of carbonyl (C=O) groups excluding carboxylic acids is 1. The van der Waals surface area contributed by atoms with E-state index in [1.165, 1.54) is 26.2 Å². The molecule has 2 unspecified atom stereocenters. The fourth-order valence-corrected chi connectivity index (χ4v) is 2.38. The lowest BCUT2D eigenvalue weighted by molar-refractivity contribution is -0.158. The standard InChI is InChI=1S/C15H21FO4/c1-5-10(14(17)20-6-2)15(3,18)13-11(16)8-7-9-12(13)19-4/h7-10,18H,5-6H2,1-4H3. The molecule has 0 aliphatic carbocycles. The van der Waals surface area contributed by atoms with E-state index in [9.17, 15) is 14.3 Å². The molecule has 0 aliphatic heterocycles. The predicted octanol–water partition coefficient (Wildman–Crippen LogP) is 2.63. The molecule has 1 aromatic rings. The first kappa shape index (κ1) is 16.4. The van der Waals surface area contributed by atoms with Crippen molar-refractivity contribution in [2.24, 2.45) is 5.92 Å². The lowest BCUT2D eigenvalue weighted by Gasteiger charge is -2.32. The molecule has 5 heteroatoms. The molecule has 1 rings (SSSR count). The van der Waals surface area contributed by atoms with Crippen LogP contribution >= 0.6 is 0 Å². The van der Waals surface area contributed by atoms with Gasteiger partial charge in [-0.25, -0.2) is 4.39 Å². The maximum Gasteiger partial charge on any atom is 0.312 e. The van der Waals surface area contributed by atoms with Crippen LogP contribution in [0.15, 0.2) is 18.2 Å². The van der Waals surface area contributed by atoms with Gasteiger partial charge in [0.15, 0.2) is 0 Å². The number of esters is 1. The molecule has 1 aromatic carbocycles. The SMILES string of the molecule is CCOC(=O)C(CC)C(C)(O)c1c(F)cccc1OC. The van der Waals surface area contributed by atoms with Gasteiger partial charge in [0.1, 0.15) is 17.2 Å². The Hall–Kier alpha value is -1.62. The van der Waals surface area contributed by atoms with Crippen LogP contribution in [-0.2, 0) is 15.1 Å². The second kappa shape index (κ2) is 6.70. The highest BCUT2D eigenvalue weighted by molar-refractivity contribution is 5.74. The average Bonchev–Trinajstić information content (AvgIpc) is 2.38. The fourth-order valence-electron chi connectivity index (χ4n) is 2.38. The topological polar surface area (TPSA) is 55.8 Å². The average molecular weight is 284 g/mol. The Morgan fingerprint density at radius 3 is 2.60 bits per heavy atom.